The number of nitrogens with zero attached hydrogens (tertiary/aromatic N) is 2. The van der Waals surface area contributed by atoms with Gasteiger partial charge in [-0.25, -0.2) is 0 Å². The molecular weight excluding hydrogens is 312 g/mol. The highest BCUT2D eigenvalue weighted by Crippen LogP contribution is 2.31. The Morgan fingerprint density at radius 3 is 2.16 bits per heavy atom. The van der Waals surface area contributed by atoms with Crippen LogP contribution in [0.3, 0.4) is 0 Å². The average Bonchev–Trinajstić information content (AvgIpc) is 3.00. The Labute approximate surface area is 149 Å². The topological polar surface area (TPSA) is 41.9 Å². The van der Waals surface area contributed by atoms with Gasteiger partial charge >= 0.3 is 0 Å². The highest BCUT2D eigenvalue weighted by Gasteiger charge is 2.33. The summed E-state index contributed by atoms with van der Waals surface area (Å²) in [6.45, 7) is 10.1. The van der Waals surface area contributed by atoms with Crippen LogP contribution in [-0.2, 0) is 14.9 Å². The Morgan fingerprint density at radius 1 is 1.04 bits per heavy atom. The van der Waals surface area contributed by atoms with Gasteiger partial charge in [-0.3, -0.25) is 4.79 Å². The first-order valence-corrected chi connectivity index (χ1v) is 8.48. The molecule has 25 heavy (non-hydrogen) atoms. The molecular formula is C21H24N2O2. The van der Waals surface area contributed by atoms with Gasteiger partial charge in [0.25, 0.3) is 0 Å². The minimum Gasteiger partial charge on any atom is -0.446 e. The van der Waals surface area contributed by atoms with E-state index in [-0.39, 0.29) is 11.3 Å². The van der Waals surface area contributed by atoms with Crippen LogP contribution in [0.25, 0.3) is 0 Å². The van der Waals surface area contributed by atoms with E-state index in [2.05, 4.69) is 38.0 Å². The van der Waals surface area contributed by atoms with Crippen LogP contribution in [-0.4, -0.2) is 16.8 Å². The molecule has 0 aromatic heterocycles. The van der Waals surface area contributed by atoms with Crippen molar-refractivity contribution in [2.24, 2.45) is 5.10 Å². The van der Waals surface area contributed by atoms with E-state index >= 15 is 0 Å². The Kier molecular flexibility index (Phi) is 4.38. The first-order valence-electron chi connectivity index (χ1n) is 8.48. The smallest absolute Gasteiger partial charge is 0.243 e. The van der Waals surface area contributed by atoms with Gasteiger partial charge in [-0.15, -0.1) is 5.10 Å². The maximum Gasteiger partial charge on any atom is 0.243 e. The van der Waals surface area contributed by atoms with E-state index in [0.717, 1.165) is 16.7 Å². The minimum absolute atomic E-state index is 0.0900. The quantitative estimate of drug-likeness (QED) is 0.808. The Balaban J connectivity index is 1.89. The highest BCUT2D eigenvalue weighted by molar-refractivity contribution is 5.96. The number of carbonyl (C=O) groups is 1. The van der Waals surface area contributed by atoms with Gasteiger partial charge in [0.05, 0.1) is 0 Å². The van der Waals surface area contributed by atoms with Crippen molar-refractivity contribution in [1.82, 2.24) is 5.01 Å². The van der Waals surface area contributed by atoms with E-state index in [4.69, 9.17) is 4.74 Å². The molecule has 0 saturated carbocycles. The number of amides is 1. The van der Waals surface area contributed by atoms with Crippen molar-refractivity contribution in [3.63, 3.8) is 0 Å². The molecule has 1 aliphatic heterocycles. The lowest BCUT2D eigenvalue weighted by Gasteiger charge is -2.20. The Morgan fingerprint density at radius 2 is 1.64 bits per heavy atom. The van der Waals surface area contributed by atoms with Crippen LogP contribution in [0.2, 0.25) is 0 Å². The number of hydrazone groups is 1. The van der Waals surface area contributed by atoms with Gasteiger partial charge in [0.2, 0.25) is 18.0 Å². The zero-order valence-electron chi connectivity index (χ0n) is 15.4. The molecule has 0 fully saturated rings. The van der Waals surface area contributed by atoms with Crippen LogP contribution in [0.5, 0.6) is 0 Å². The second-order valence-electron chi connectivity index (χ2n) is 7.48. The van der Waals surface area contributed by atoms with Gasteiger partial charge in [-0.1, -0.05) is 62.7 Å². The molecule has 3 rings (SSSR count). The molecule has 1 atom stereocenters. The molecule has 0 aliphatic carbocycles. The molecule has 1 aliphatic rings. The van der Waals surface area contributed by atoms with Crippen molar-refractivity contribution in [3.8, 4) is 0 Å². The van der Waals surface area contributed by atoms with Crippen LogP contribution in [0.4, 0.5) is 0 Å². The van der Waals surface area contributed by atoms with E-state index in [1.807, 2.05) is 43.3 Å². The van der Waals surface area contributed by atoms with Crippen molar-refractivity contribution in [2.75, 3.05) is 0 Å². The van der Waals surface area contributed by atoms with E-state index in [1.54, 1.807) is 0 Å². The molecule has 4 heteroatoms. The third-order valence-electron chi connectivity index (χ3n) is 4.33. The van der Waals surface area contributed by atoms with Gasteiger partial charge in [0.15, 0.2) is 0 Å². The van der Waals surface area contributed by atoms with Gasteiger partial charge in [0.1, 0.15) is 0 Å². The van der Waals surface area contributed by atoms with E-state index in [1.165, 1.54) is 17.5 Å². The maximum atomic E-state index is 12.0. The molecule has 130 valence electrons. The molecule has 0 spiro atoms. The van der Waals surface area contributed by atoms with Crippen LogP contribution >= 0.6 is 0 Å². The number of hydrogen-bond donors (Lipinski definition) is 0. The summed E-state index contributed by atoms with van der Waals surface area (Å²) in [5, 5.41) is 5.81. The normalized spacial score (nSPS) is 17.2. The van der Waals surface area contributed by atoms with Gasteiger partial charge < -0.3 is 4.74 Å². The zero-order chi connectivity index (χ0) is 18.2. The Bertz CT molecular complexity index is 799. The van der Waals surface area contributed by atoms with Crippen LogP contribution in [0, 0.1) is 6.92 Å². The largest absolute Gasteiger partial charge is 0.446 e. The van der Waals surface area contributed by atoms with Crippen LogP contribution in [0.15, 0.2) is 53.6 Å². The highest BCUT2D eigenvalue weighted by atomic mass is 16.5. The summed E-state index contributed by atoms with van der Waals surface area (Å²) in [4.78, 5) is 12.0. The molecule has 2 aromatic rings. The molecule has 2 aromatic carbocycles. The second kappa shape index (κ2) is 6.36. The number of carbonyl (C=O) groups excluding carboxylic acids is 1. The summed E-state index contributed by atoms with van der Waals surface area (Å²) in [6, 6.07) is 16.1. The van der Waals surface area contributed by atoms with Crippen LogP contribution < -0.4 is 0 Å². The first-order chi connectivity index (χ1) is 11.8. The fourth-order valence-corrected chi connectivity index (χ4v) is 2.74. The lowest BCUT2D eigenvalue weighted by Crippen LogP contribution is -2.25. The standard InChI is InChI=1S/C21H24N2O2/c1-14-6-8-17(9-7-14)20-23(15(2)24)22-19(25-20)16-10-12-18(13-11-16)21(3,4)5/h6-13,20H,1-5H3. The summed E-state index contributed by atoms with van der Waals surface area (Å²) in [5.74, 6) is 0.327. The summed E-state index contributed by atoms with van der Waals surface area (Å²) in [7, 11) is 0. The molecule has 1 heterocycles. The van der Waals surface area contributed by atoms with E-state index in [0.29, 0.717) is 5.90 Å². The van der Waals surface area contributed by atoms with E-state index in [9.17, 15) is 4.79 Å². The monoisotopic (exact) mass is 336 g/mol. The SMILES string of the molecule is CC(=O)N1N=C(c2ccc(C(C)(C)C)cc2)OC1c1ccc(C)cc1. The number of benzene rings is 2. The number of hydrogen-bond acceptors (Lipinski definition) is 3. The molecule has 1 unspecified atom stereocenters. The van der Waals surface area contributed by atoms with Crippen molar-refractivity contribution >= 4 is 11.8 Å². The predicted octanol–water partition coefficient (Wildman–Crippen LogP) is 4.53. The maximum absolute atomic E-state index is 12.0. The number of rotatable bonds is 2. The van der Waals surface area contributed by atoms with Crippen LogP contribution in [0.1, 0.15) is 56.2 Å². The predicted molar refractivity (Wildman–Crippen MR) is 99.2 cm³/mol. The summed E-state index contributed by atoms with van der Waals surface area (Å²) >= 11 is 0. The van der Waals surface area contributed by atoms with Crippen molar-refractivity contribution in [1.29, 1.82) is 0 Å². The fourth-order valence-electron chi connectivity index (χ4n) is 2.74. The lowest BCUT2D eigenvalue weighted by atomic mass is 9.87. The van der Waals surface area contributed by atoms with Gasteiger partial charge in [-0.2, -0.15) is 5.01 Å². The molecule has 0 saturated heterocycles. The third kappa shape index (κ3) is 3.58. The second-order valence-corrected chi connectivity index (χ2v) is 7.48. The van der Waals surface area contributed by atoms with Gasteiger partial charge in [0, 0.05) is 18.1 Å². The molecule has 4 nitrogen and oxygen atoms in total. The Hall–Kier alpha value is -2.62. The minimum atomic E-state index is -0.518. The number of aryl methyl sites for hydroxylation is 1. The molecule has 1 amide bonds. The zero-order valence-corrected chi connectivity index (χ0v) is 15.4. The lowest BCUT2D eigenvalue weighted by molar-refractivity contribution is -0.135. The average molecular weight is 336 g/mol. The first kappa shape index (κ1) is 17.2. The molecule has 0 radical (unpaired) electrons. The molecule has 0 N–H and O–H groups in total. The van der Waals surface area contributed by atoms with Crippen molar-refractivity contribution in [2.45, 2.75) is 46.3 Å². The van der Waals surface area contributed by atoms with Crippen molar-refractivity contribution < 1.29 is 9.53 Å². The third-order valence-corrected chi connectivity index (χ3v) is 4.33. The fraction of sp³-hybridized carbons (Fsp3) is 0.333. The summed E-state index contributed by atoms with van der Waals surface area (Å²) in [5.41, 5.74) is 4.27. The van der Waals surface area contributed by atoms with E-state index < -0.39 is 6.23 Å². The summed E-state index contributed by atoms with van der Waals surface area (Å²) < 4.78 is 6.03. The molecule has 0 bridgehead atoms. The number of ether oxygens (including phenoxy) is 1. The summed E-state index contributed by atoms with van der Waals surface area (Å²) in [6.07, 6.45) is -0.518. The van der Waals surface area contributed by atoms with Gasteiger partial charge in [-0.05, 0) is 30.0 Å². The van der Waals surface area contributed by atoms with Crippen molar-refractivity contribution in [3.05, 3.63) is 70.8 Å².